The van der Waals surface area contributed by atoms with Crippen LogP contribution in [0.4, 0.5) is 5.82 Å². The number of halogens is 1. The maximum absolute atomic E-state index is 12.3. The smallest absolute Gasteiger partial charge is 0.263 e. The summed E-state index contributed by atoms with van der Waals surface area (Å²) in [5.74, 6) is 0.286. The van der Waals surface area contributed by atoms with E-state index in [9.17, 15) is 8.42 Å². The fourth-order valence-electron chi connectivity index (χ4n) is 1.75. The number of sulfonamides is 1. The average molecular weight is 341 g/mol. The number of nitrogens with zero attached hydrogens (tertiary/aromatic N) is 1. The highest BCUT2D eigenvalue weighted by atomic mass is 79.9. The van der Waals surface area contributed by atoms with Crippen LogP contribution in [0.1, 0.15) is 11.1 Å². The summed E-state index contributed by atoms with van der Waals surface area (Å²) >= 11 is 3.20. The predicted octanol–water partition coefficient (Wildman–Crippen LogP) is 3.26. The first-order valence-electron chi connectivity index (χ1n) is 5.60. The summed E-state index contributed by atoms with van der Waals surface area (Å²) < 4.78 is 27.5. The molecule has 2 aromatic rings. The lowest BCUT2D eigenvalue weighted by Gasteiger charge is -2.09. The van der Waals surface area contributed by atoms with Crippen molar-refractivity contribution in [2.24, 2.45) is 0 Å². The third kappa shape index (κ3) is 3.54. The standard InChI is InChI=1S/C13H13BrN2O2S/c1-9-6-10(2)8-11(7-9)19(17,18)16-13-5-3-4-12(14)15-13/h3-8H,1-2H3,(H,15,16). The van der Waals surface area contributed by atoms with Crippen molar-refractivity contribution in [1.29, 1.82) is 0 Å². The van der Waals surface area contributed by atoms with E-state index in [-0.39, 0.29) is 10.7 Å². The van der Waals surface area contributed by atoms with Gasteiger partial charge in [-0.15, -0.1) is 0 Å². The predicted molar refractivity (Wildman–Crippen MR) is 78.7 cm³/mol. The van der Waals surface area contributed by atoms with Crippen LogP contribution in [-0.2, 0) is 10.0 Å². The van der Waals surface area contributed by atoms with Gasteiger partial charge in [0.25, 0.3) is 10.0 Å². The molecule has 0 fully saturated rings. The Hall–Kier alpha value is -1.40. The van der Waals surface area contributed by atoms with Gasteiger partial charge < -0.3 is 0 Å². The second kappa shape index (κ2) is 5.30. The van der Waals surface area contributed by atoms with E-state index in [0.29, 0.717) is 4.60 Å². The van der Waals surface area contributed by atoms with Gasteiger partial charge in [0.05, 0.1) is 4.90 Å². The molecule has 0 radical (unpaired) electrons. The van der Waals surface area contributed by atoms with Gasteiger partial charge in [0.1, 0.15) is 10.4 Å². The third-order valence-corrected chi connectivity index (χ3v) is 4.24. The molecular formula is C13H13BrN2O2S. The van der Waals surface area contributed by atoms with Gasteiger partial charge in [-0.05, 0) is 65.2 Å². The van der Waals surface area contributed by atoms with E-state index in [4.69, 9.17) is 0 Å². The summed E-state index contributed by atoms with van der Waals surface area (Å²) in [5, 5.41) is 0. The molecule has 1 aromatic heterocycles. The second-order valence-corrected chi connectivity index (χ2v) is 6.77. The van der Waals surface area contributed by atoms with Gasteiger partial charge in [-0.3, -0.25) is 4.72 Å². The molecule has 1 N–H and O–H groups in total. The van der Waals surface area contributed by atoms with Crippen molar-refractivity contribution in [3.05, 3.63) is 52.1 Å². The molecule has 19 heavy (non-hydrogen) atoms. The zero-order chi connectivity index (χ0) is 14.0. The number of hydrogen-bond donors (Lipinski definition) is 1. The monoisotopic (exact) mass is 340 g/mol. The summed E-state index contributed by atoms with van der Waals surface area (Å²) in [6.45, 7) is 3.73. The number of anilines is 1. The van der Waals surface area contributed by atoms with Gasteiger partial charge in [0.2, 0.25) is 0 Å². The Bertz CT molecular complexity index is 694. The van der Waals surface area contributed by atoms with Crippen LogP contribution in [0.25, 0.3) is 0 Å². The van der Waals surface area contributed by atoms with Crippen molar-refractivity contribution in [2.75, 3.05) is 4.72 Å². The highest BCUT2D eigenvalue weighted by molar-refractivity contribution is 9.10. The molecule has 2 rings (SSSR count). The van der Waals surface area contributed by atoms with Crippen molar-refractivity contribution < 1.29 is 8.42 Å². The fourth-order valence-corrected chi connectivity index (χ4v) is 3.28. The first-order valence-corrected chi connectivity index (χ1v) is 7.88. The van der Waals surface area contributed by atoms with Crippen LogP contribution in [-0.4, -0.2) is 13.4 Å². The lowest BCUT2D eigenvalue weighted by atomic mass is 10.2. The number of rotatable bonds is 3. The summed E-state index contributed by atoms with van der Waals surface area (Å²) in [6, 6.07) is 10.2. The largest absolute Gasteiger partial charge is 0.263 e. The van der Waals surface area contributed by atoms with Crippen molar-refractivity contribution in [3.63, 3.8) is 0 Å². The third-order valence-electron chi connectivity index (χ3n) is 2.46. The van der Waals surface area contributed by atoms with E-state index in [1.54, 1.807) is 30.3 Å². The van der Waals surface area contributed by atoms with Gasteiger partial charge >= 0.3 is 0 Å². The Morgan fingerprint density at radius 1 is 1.11 bits per heavy atom. The zero-order valence-electron chi connectivity index (χ0n) is 10.5. The Balaban J connectivity index is 2.37. The average Bonchev–Trinajstić information content (AvgIpc) is 2.26. The number of nitrogens with one attached hydrogen (secondary N) is 1. The Labute approximate surface area is 121 Å². The van der Waals surface area contributed by atoms with Crippen molar-refractivity contribution in [3.8, 4) is 0 Å². The summed E-state index contributed by atoms with van der Waals surface area (Å²) in [7, 11) is -3.61. The molecule has 0 aliphatic rings. The molecule has 0 unspecified atom stereocenters. The zero-order valence-corrected chi connectivity index (χ0v) is 12.9. The Kier molecular flexibility index (Phi) is 3.91. The van der Waals surface area contributed by atoms with Crippen LogP contribution in [0.5, 0.6) is 0 Å². The van der Waals surface area contributed by atoms with E-state index >= 15 is 0 Å². The minimum Gasteiger partial charge on any atom is -0.263 e. The van der Waals surface area contributed by atoms with E-state index in [1.807, 2.05) is 19.9 Å². The van der Waals surface area contributed by atoms with E-state index in [1.165, 1.54) is 0 Å². The molecule has 0 bridgehead atoms. The van der Waals surface area contributed by atoms with Crippen LogP contribution >= 0.6 is 15.9 Å². The fraction of sp³-hybridized carbons (Fsp3) is 0.154. The van der Waals surface area contributed by atoms with Crippen LogP contribution in [0, 0.1) is 13.8 Å². The molecule has 0 aliphatic carbocycles. The van der Waals surface area contributed by atoms with Crippen LogP contribution in [0.3, 0.4) is 0 Å². The first-order chi connectivity index (χ1) is 8.87. The molecule has 0 saturated carbocycles. The molecule has 1 heterocycles. The van der Waals surface area contributed by atoms with E-state index in [2.05, 4.69) is 25.6 Å². The minimum absolute atomic E-state index is 0.242. The molecule has 0 atom stereocenters. The molecule has 4 nitrogen and oxygen atoms in total. The molecule has 0 spiro atoms. The van der Waals surface area contributed by atoms with Crippen LogP contribution in [0.15, 0.2) is 45.9 Å². The lowest BCUT2D eigenvalue weighted by molar-refractivity contribution is 0.601. The van der Waals surface area contributed by atoms with Gasteiger partial charge in [0.15, 0.2) is 0 Å². The molecule has 1 aromatic carbocycles. The van der Waals surface area contributed by atoms with Crippen molar-refractivity contribution in [2.45, 2.75) is 18.7 Å². The maximum atomic E-state index is 12.3. The number of hydrogen-bond acceptors (Lipinski definition) is 3. The quantitative estimate of drug-likeness (QED) is 0.872. The topological polar surface area (TPSA) is 59.1 Å². The van der Waals surface area contributed by atoms with Gasteiger partial charge in [0, 0.05) is 0 Å². The molecule has 100 valence electrons. The summed E-state index contributed by atoms with van der Waals surface area (Å²) in [4.78, 5) is 4.30. The van der Waals surface area contributed by atoms with E-state index < -0.39 is 10.0 Å². The Morgan fingerprint density at radius 2 is 1.74 bits per heavy atom. The number of aromatic nitrogens is 1. The van der Waals surface area contributed by atoms with Gasteiger partial charge in [-0.2, -0.15) is 0 Å². The minimum atomic E-state index is -3.61. The summed E-state index contributed by atoms with van der Waals surface area (Å²) in [6.07, 6.45) is 0. The SMILES string of the molecule is Cc1cc(C)cc(S(=O)(=O)Nc2cccc(Br)n2)c1. The lowest BCUT2D eigenvalue weighted by Crippen LogP contribution is -2.14. The van der Waals surface area contributed by atoms with Crippen LogP contribution in [0.2, 0.25) is 0 Å². The molecule has 0 amide bonds. The molecule has 0 aliphatic heterocycles. The van der Waals surface area contributed by atoms with Crippen LogP contribution < -0.4 is 4.72 Å². The number of aryl methyl sites for hydroxylation is 2. The molecule has 6 heteroatoms. The molecular weight excluding hydrogens is 328 g/mol. The normalized spacial score (nSPS) is 11.3. The first kappa shape index (κ1) is 14.0. The maximum Gasteiger partial charge on any atom is 0.263 e. The van der Waals surface area contributed by atoms with Crippen molar-refractivity contribution in [1.82, 2.24) is 4.98 Å². The highest BCUT2D eigenvalue weighted by Crippen LogP contribution is 2.18. The number of pyridine rings is 1. The van der Waals surface area contributed by atoms with Gasteiger partial charge in [-0.25, -0.2) is 13.4 Å². The van der Waals surface area contributed by atoms with Crippen molar-refractivity contribution >= 4 is 31.8 Å². The molecule has 0 saturated heterocycles. The van der Waals surface area contributed by atoms with E-state index in [0.717, 1.165) is 11.1 Å². The number of benzene rings is 1. The second-order valence-electron chi connectivity index (χ2n) is 4.27. The highest BCUT2D eigenvalue weighted by Gasteiger charge is 2.15. The Morgan fingerprint density at radius 3 is 2.32 bits per heavy atom. The van der Waals surface area contributed by atoms with Gasteiger partial charge in [-0.1, -0.05) is 12.1 Å². The summed E-state index contributed by atoms with van der Waals surface area (Å²) in [5.41, 5.74) is 1.81.